The number of hydrogen-bond donors (Lipinski definition) is 0. The quantitative estimate of drug-likeness (QED) is 0.425. The Morgan fingerprint density at radius 2 is 1.62 bits per heavy atom. The SMILES string of the molecule is COc1cc(/C=C/C(=O)c2ccc(SC)c(OC)c2)cc(OC)c1. The lowest BCUT2D eigenvalue weighted by molar-refractivity contribution is 0.104. The summed E-state index contributed by atoms with van der Waals surface area (Å²) in [5, 5.41) is 0. The Morgan fingerprint density at radius 1 is 0.958 bits per heavy atom. The van der Waals surface area contributed by atoms with Gasteiger partial charge in [0.15, 0.2) is 5.78 Å². The van der Waals surface area contributed by atoms with E-state index in [-0.39, 0.29) is 5.78 Å². The van der Waals surface area contributed by atoms with E-state index in [2.05, 4.69) is 0 Å². The topological polar surface area (TPSA) is 44.8 Å². The molecule has 0 atom stereocenters. The Balaban J connectivity index is 2.24. The Hall–Kier alpha value is -2.40. The first-order valence-corrected chi connectivity index (χ1v) is 8.51. The van der Waals surface area contributed by atoms with Gasteiger partial charge in [0.05, 0.1) is 21.3 Å². The maximum atomic E-state index is 12.4. The van der Waals surface area contributed by atoms with E-state index in [0.29, 0.717) is 22.8 Å². The highest BCUT2D eigenvalue weighted by Gasteiger charge is 2.08. The average molecular weight is 344 g/mol. The van der Waals surface area contributed by atoms with Gasteiger partial charge in [-0.15, -0.1) is 11.8 Å². The predicted octanol–water partition coefficient (Wildman–Crippen LogP) is 4.33. The molecule has 0 amide bonds. The van der Waals surface area contributed by atoms with Crippen molar-refractivity contribution in [3.63, 3.8) is 0 Å². The number of benzene rings is 2. The molecule has 0 saturated heterocycles. The fourth-order valence-corrected chi connectivity index (χ4v) is 2.73. The molecule has 0 aliphatic rings. The average Bonchev–Trinajstić information content (AvgIpc) is 2.64. The van der Waals surface area contributed by atoms with Crippen molar-refractivity contribution < 1.29 is 19.0 Å². The molecule has 0 heterocycles. The van der Waals surface area contributed by atoms with Crippen molar-refractivity contribution in [1.29, 1.82) is 0 Å². The Labute approximate surface area is 146 Å². The van der Waals surface area contributed by atoms with Gasteiger partial charge in [-0.3, -0.25) is 4.79 Å². The molecular formula is C19H20O4S. The van der Waals surface area contributed by atoms with Gasteiger partial charge < -0.3 is 14.2 Å². The number of carbonyl (C=O) groups is 1. The second kappa shape index (κ2) is 8.45. The largest absolute Gasteiger partial charge is 0.497 e. The van der Waals surface area contributed by atoms with Gasteiger partial charge in [-0.25, -0.2) is 0 Å². The van der Waals surface area contributed by atoms with Gasteiger partial charge in [-0.05, 0) is 48.2 Å². The molecule has 4 nitrogen and oxygen atoms in total. The van der Waals surface area contributed by atoms with E-state index >= 15 is 0 Å². The number of ether oxygens (including phenoxy) is 3. The van der Waals surface area contributed by atoms with Crippen LogP contribution < -0.4 is 14.2 Å². The molecule has 0 aliphatic heterocycles. The number of carbonyl (C=O) groups excluding carboxylic acids is 1. The van der Waals surface area contributed by atoms with Crippen LogP contribution in [0.1, 0.15) is 15.9 Å². The highest BCUT2D eigenvalue weighted by Crippen LogP contribution is 2.29. The number of thioether (sulfide) groups is 1. The molecule has 0 bridgehead atoms. The van der Waals surface area contributed by atoms with Crippen LogP contribution in [-0.4, -0.2) is 33.4 Å². The van der Waals surface area contributed by atoms with Crippen molar-refractivity contribution in [3.8, 4) is 17.2 Å². The van der Waals surface area contributed by atoms with Gasteiger partial charge in [0.1, 0.15) is 17.2 Å². The molecule has 0 aromatic heterocycles. The van der Waals surface area contributed by atoms with Gasteiger partial charge in [0.2, 0.25) is 0 Å². The Morgan fingerprint density at radius 3 is 2.17 bits per heavy atom. The summed E-state index contributed by atoms with van der Waals surface area (Å²) < 4.78 is 15.8. The van der Waals surface area contributed by atoms with E-state index < -0.39 is 0 Å². The minimum Gasteiger partial charge on any atom is -0.497 e. The Bertz CT molecular complexity index is 731. The van der Waals surface area contributed by atoms with Crippen LogP contribution in [0.2, 0.25) is 0 Å². The van der Waals surface area contributed by atoms with Gasteiger partial charge >= 0.3 is 0 Å². The van der Waals surface area contributed by atoms with E-state index in [1.54, 1.807) is 57.4 Å². The molecule has 126 valence electrons. The Kier molecular flexibility index (Phi) is 6.32. The van der Waals surface area contributed by atoms with Gasteiger partial charge in [0, 0.05) is 16.5 Å². The van der Waals surface area contributed by atoms with Gasteiger partial charge in [-0.1, -0.05) is 6.08 Å². The first kappa shape index (κ1) is 17.9. The third kappa shape index (κ3) is 4.32. The maximum absolute atomic E-state index is 12.4. The van der Waals surface area contributed by atoms with Crippen LogP contribution in [0, 0.1) is 0 Å². The molecule has 0 unspecified atom stereocenters. The van der Waals surface area contributed by atoms with Crippen LogP contribution in [0.25, 0.3) is 6.08 Å². The van der Waals surface area contributed by atoms with E-state index in [1.807, 2.05) is 24.5 Å². The van der Waals surface area contributed by atoms with Gasteiger partial charge in [-0.2, -0.15) is 0 Å². The zero-order valence-electron chi connectivity index (χ0n) is 14.2. The van der Waals surface area contributed by atoms with Crippen molar-refractivity contribution in [2.45, 2.75) is 4.90 Å². The van der Waals surface area contributed by atoms with Crippen molar-refractivity contribution in [3.05, 3.63) is 53.6 Å². The van der Waals surface area contributed by atoms with Crippen LogP contribution in [0.5, 0.6) is 17.2 Å². The first-order chi connectivity index (χ1) is 11.6. The summed E-state index contributed by atoms with van der Waals surface area (Å²) in [5.74, 6) is 1.95. The number of ketones is 1. The normalized spacial score (nSPS) is 10.7. The van der Waals surface area contributed by atoms with Crippen molar-refractivity contribution in [2.24, 2.45) is 0 Å². The second-order valence-electron chi connectivity index (χ2n) is 4.91. The van der Waals surface area contributed by atoms with Crippen molar-refractivity contribution in [1.82, 2.24) is 0 Å². The van der Waals surface area contributed by atoms with Crippen LogP contribution >= 0.6 is 11.8 Å². The highest BCUT2D eigenvalue weighted by molar-refractivity contribution is 7.98. The van der Waals surface area contributed by atoms with E-state index in [4.69, 9.17) is 14.2 Å². The zero-order chi connectivity index (χ0) is 17.5. The molecular weight excluding hydrogens is 324 g/mol. The van der Waals surface area contributed by atoms with Crippen LogP contribution in [0.3, 0.4) is 0 Å². The molecule has 0 aliphatic carbocycles. The molecule has 2 aromatic rings. The summed E-state index contributed by atoms with van der Waals surface area (Å²) >= 11 is 1.58. The first-order valence-electron chi connectivity index (χ1n) is 7.28. The standard InChI is InChI=1S/C19H20O4S/c1-21-15-9-13(10-16(12-15)22-2)5-7-17(20)14-6-8-19(24-4)18(11-14)23-3/h5-12H,1-4H3/b7-5+. The summed E-state index contributed by atoms with van der Waals surface area (Å²) in [6.07, 6.45) is 5.24. The third-order valence-corrected chi connectivity index (χ3v) is 4.25. The smallest absolute Gasteiger partial charge is 0.185 e. The lowest BCUT2D eigenvalue weighted by Crippen LogP contribution is -1.96. The fraction of sp³-hybridized carbons (Fsp3) is 0.211. The summed E-state index contributed by atoms with van der Waals surface area (Å²) in [5.41, 5.74) is 1.41. The van der Waals surface area contributed by atoms with Gasteiger partial charge in [0.25, 0.3) is 0 Å². The third-order valence-electron chi connectivity index (χ3n) is 3.47. The minimum atomic E-state index is -0.0947. The summed E-state index contributed by atoms with van der Waals surface area (Å²) in [6.45, 7) is 0. The lowest BCUT2D eigenvalue weighted by Gasteiger charge is -2.07. The predicted molar refractivity (Wildman–Crippen MR) is 97.7 cm³/mol. The van der Waals surface area contributed by atoms with Crippen molar-refractivity contribution >= 4 is 23.6 Å². The highest BCUT2D eigenvalue weighted by atomic mass is 32.2. The molecule has 0 N–H and O–H groups in total. The van der Waals surface area contributed by atoms with Crippen LogP contribution in [0.15, 0.2) is 47.4 Å². The number of rotatable bonds is 7. The van der Waals surface area contributed by atoms with Crippen LogP contribution in [-0.2, 0) is 0 Å². The monoisotopic (exact) mass is 344 g/mol. The summed E-state index contributed by atoms with van der Waals surface area (Å²) in [4.78, 5) is 13.4. The molecule has 0 spiro atoms. The lowest BCUT2D eigenvalue weighted by atomic mass is 10.1. The second-order valence-corrected chi connectivity index (χ2v) is 5.76. The van der Waals surface area contributed by atoms with E-state index in [9.17, 15) is 4.79 Å². The molecule has 5 heteroatoms. The number of methoxy groups -OCH3 is 3. The molecule has 2 rings (SSSR count). The maximum Gasteiger partial charge on any atom is 0.185 e. The zero-order valence-corrected chi connectivity index (χ0v) is 15.0. The van der Waals surface area contributed by atoms with E-state index in [1.165, 1.54) is 6.08 Å². The minimum absolute atomic E-state index is 0.0947. The molecule has 24 heavy (non-hydrogen) atoms. The van der Waals surface area contributed by atoms with Crippen molar-refractivity contribution in [2.75, 3.05) is 27.6 Å². The molecule has 2 aromatic carbocycles. The molecule has 0 saturated carbocycles. The number of allylic oxidation sites excluding steroid dienone is 1. The molecule has 0 fully saturated rings. The van der Waals surface area contributed by atoms with E-state index in [0.717, 1.165) is 10.5 Å². The summed E-state index contributed by atoms with van der Waals surface area (Å²) in [7, 11) is 4.78. The summed E-state index contributed by atoms with van der Waals surface area (Å²) in [6, 6.07) is 10.9. The van der Waals surface area contributed by atoms with Crippen LogP contribution in [0.4, 0.5) is 0 Å². The molecule has 0 radical (unpaired) electrons. The fourth-order valence-electron chi connectivity index (χ4n) is 2.18. The number of hydrogen-bond acceptors (Lipinski definition) is 5.